The number of aromatic nitrogens is 1. The Kier molecular flexibility index (Phi) is 5.55. The van der Waals surface area contributed by atoms with Gasteiger partial charge in [0.15, 0.2) is 5.13 Å². The van der Waals surface area contributed by atoms with E-state index in [0.29, 0.717) is 28.0 Å². The predicted octanol–water partition coefficient (Wildman–Crippen LogP) is 5.52. The van der Waals surface area contributed by atoms with Crippen molar-refractivity contribution in [3.8, 4) is 11.5 Å². The molecular formula is C21H17BrN2O4S. The zero-order chi connectivity index (χ0) is 20.4. The number of nitrogens with zero attached hydrogens (tertiary/aromatic N) is 2. The molecular weight excluding hydrogens is 456 g/mol. The van der Waals surface area contributed by atoms with Crippen LogP contribution in [0.25, 0.3) is 10.2 Å². The lowest BCUT2D eigenvalue weighted by atomic mass is 10.1. The Hall–Kier alpha value is -2.84. The first-order chi connectivity index (χ1) is 14.1. The van der Waals surface area contributed by atoms with Gasteiger partial charge in [0.1, 0.15) is 17.3 Å². The number of benzene rings is 2. The molecule has 0 aliphatic rings. The number of hydrogen-bond acceptors (Lipinski definition) is 6. The molecule has 4 rings (SSSR count). The zero-order valence-corrected chi connectivity index (χ0v) is 18.1. The number of carbonyl (C=O) groups excluding carboxylic acids is 1. The van der Waals surface area contributed by atoms with E-state index in [-0.39, 0.29) is 12.5 Å². The van der Waals surface area contributed by atoms with Gasteiger partial charge in [-0.1, -0.05) is 27.3 Å². The van der Waals surface area contributed by atoms with E-state index in [2.05, 4.69) is 20.9 Å². The van der Waals surface area contributed by atoms with E-state index in [1.165, 1.54) is 11.3 Å². The summed E-state index contributed by atoms with van der Waals surface area (Å²) in [4.78, 5) is 19.8. The number of hydrogen-bond donors (Lipinski definition) is 0. The molecule has 0 aliphatic carbocycles. The maximum absolute atomic E-state index is 13.5. The summed E-state index contributed by atoms with van der Waals surface area (Å²) in [6.45, 7) is 0.256. The fraction of sp³-hybridized carbons (Fsp3) is 0.143. The molecule has 0 atom stereocenters. The van der Waals surface area contributed by atoms with Crippen LogP contribution in [-0.4, -0.2) is 25.1 Å². The van der Waals surface area contributed by atoms with Crippen molar-refractivity contribution in [2.75, 3.05) is 19.1 Å². The minimum atomic E-state index is -0.225. The molecule has 0 spiro atoms. The summed E-state index contributed by atoms with van der Waals surface area (Å²) in [5.41, 5.74) is 1.27. The maximum Gasteiger partial charge on any atom is 0.260 e. The van der Waals surface area contributed by atoms with E-state index in [1.807, 2.05) is 24.3 Å². The summed E-state index contributed by atoms with van der Waals surface area (Å²) in [5.74, 6) is 1.52. The molecule has 6 nitrogen and oxygen atoms in total. The summed E-state index contributed by atoms with van der Waals surface area (Å²) < 4.78 is 18.0. The van der Waals surface area contributed by atoms with Crippen molar-refractivity contribution < 1.29 is 18.7 Å². The quantitative estimate of drug-likeness (QED) is 0.369. The van der Waals surface area contributed by atoms with Gasteiger partial charge in [-0.25, -0.2) is 4.98 Å². The third-order valence-corrected chi connectivity index (χ3v) is 5.84. The van der Waals surface area contributed by atoms with Gasteiger partial charge in [0.25, 0.3) is 5.91 Å². The normalized spacial score (nSPS) is 10.9. The summed E-state index contributed by atoms with van der Waals surface area (Å²) in [6.07, 6.45) is 1.59. The van der Waals surface area contributed by atoms with Crippen molar-refractivity contribution in [3.05, 3.63) is 70.6 Å². The van der Waals surface area contributed by atoms with Crippen LogP contribution >= 0.6 is 27.3 Å². The molecule has 2 aromatic carbocycles. The van der Waals surface area contributed by atoms with Crippen LogP contribution in [0, 0.1) is 0 Å². The number of furan rings is 1. The lowest BCUT2D eigenvalue weighted by Crippen LogP contribution is -2.30. The molecule has 8 heteroatoms. The minimum absolute atomic E-state index is 0.225. The molecule has 0 radical (unpaired) electrons. The molecule has 0 unspecified atom stereocenters. The van der Waals surface area contributed by atoms with Gasteiger partial charge in [-0.05, 0) is 42.5 Å². The van der Waals surface area contributed by atoms with Crippen LogP contribution in [0.3, 0.4) is 0 Å². The number of halogens is 1. The van der Waals surface area contributed by atoms with E-state index in [1.54, 1.807) is 49.6 Å². The number of thiazole rings is 1. The molecule has 2 heterocycles. The highest BCUT2D eigenvalue weighted by Gasteiger charge is 2.24. The fourth-order valence-electron chi connectivity index (χ4n) is 2.87. The zero-order valence-electron chi connectivity index (χ0n) is 15.7. The van der Waals surface area contributed by atoms with Crippen LogP contribution in [0.1, 0.15) is 16.1 Å². The molecule has 2 aromatic heterocycles. The Morgan fingerprint density at radius 3 is 2.55 bits per heavy atom. The fourth-order valence-corrected chi connectivity index (χ4v) is 4.39. The highest BCUT2D eigenvalue weighted by molar-refractivity contribution is 9.10. The highest BCUT2D eigenvalue weighted by atomic mass is 79.9. The van der Waals surface area contributed by atoms with E-state index < -0.39 is 0 Å². The van der Waals surface area contributed by atoms with Crippen molar-refractivity contribution in [1.82, 2.24) is 4.98 Å². The maximum atomic E-state index is 13.5. The number of ether oxygens (including phenoxy) is 2. The first-order valence-corrected chi connectivity index (χ1v) is 10.3. The Morgan fingerprint density at radius 2 is 1.90 bits per heavy atom. The van der Waals surface area contributed by atoms with Gasteiger partial charge in [0, 0.05) is 16.1 Å². The monoisotopic (exact) mass is 472 g/mol. The second-order valence-electron chi connectivity index (χ2n) is 6.18. The standard InChI is InChI=1S/C21H17BrN2O4S/c1-26-16-8-13(9-17(11-16)27-2)20(25)24(12-15-4-3-7-28-15)21-23-18-6-5-14(22)10-19(18)29-21/h3-11H,12H2,1-2H3. The SMILES string of the molecule is COc1cc(OC)cc(C(=O)N(Cc2ccco2)c2nc3ccc(Br)cc3s2)c1. The Morgan fingerprint density at radius 1 is 1.14 bits per heavy atom. The van der Waals surface area contributed by atoms with Gasteiger partial charge in [0.05, 0.1) is 37.2 Å². The van der Waals surface area contributed by atoms with Crippen molar-refractivity contribution in [1.29, 1.82) is 0 Å². The van der Waals surface area contributed by atoms with Crippen LogP contribution in [0.4, 0.5) is 5.13 Å². The molecule has 0 saturated carbocycles. The smallest absolute Gasteiger partial charge is 0.260 e. The van der Waals surface area contributed by atoms with Crippen molar-refractivity contribution >= 4 is 48.5 Å². The van der Waals surface area contributed by atoms with Crippen LogP contribution in [0.2, 0.25) is 0 Å². The number of fused-ring (bicyclic) bond motifs is 1. The minimum Gasteiger partial charge on any atom is -0.497 e. The first kappa shape index (κ1) is 19.5. The first-order valence-electron chi connectivity index (χ1n) is 8.71. The van der Waals surface area contributed by atoms with Gasteiger partial charge < -0.3 is 13.9 Å². The van der Waals surface area contributed by atoms with Crippen molar-refractivity contribution in [3.63, 3.8) is 0 Å². The molecule has 0 fully saturated rings. The van der Waals surface area contributed by atoms with Crippen molar-refractivity contribution in [2.45, 2.75) is 6.54 Å². The molecule has 1 amide bonds. The van der Waals surface area contributed by atoms with Crippen LogP contribution in [0.5, 0.6) is 11.5 Å². The summed E-state index contributed by atoms with van der Waals surface area (Å²) >= 11 is 4.92. The molecule has 0 saturated heterocycles. The van der Waals surface area contributed by atoms with Gasteiger partial charge in [-0.15, -0.1) is 0 Å². The van der Waals surface area contributed by atoms with Crippen LogP contribution < -0.4 is 14.4 Å². The number of amides is 1. The van der Waals surface area contributed by atoms with E-state index in [4.69, 9.17) is 13.9 Å². The Bertz CT molecular complexity index is 1130. The molecule has 0 aliphatic heterocycles. The molecule has 0 bridgehead atoms. The topological polar surface area (TPSA) is 64.8 Å². The molecule has 0 N–H and O–H groups in total. The van der Waals surface area contributed by atoms with E-state index in [9.17, 15) is 4.79 Å². The van der Waals surface area contributed by atoms with Crippen LogP contribution in [-0.2, 0) is 6.54 Å². The lowest BCUT2D eigenvalue weighted by molar-refractivity contribution is 0.0982. The van der Waals surface area contributed by atoms with Gasteiger partial charge in [0.2, 0.25) is 0 Å². The number of rotatable bonds is 6. The van der Waals surface area contributed by atoms with E-state index >= 15 is 0 Å². The molecule has 29 heavy (non-hydrogen) atoms. The number of anilines is 1. The molecule has 4 aromatic rings. The second-order valence-corrected chi connectivity index (χ2v) is 8.11. The van der Waals surface area contributed by atoms with Crippen molar-refractivity contribution in [2.24, 2.45) is 0 Å². The average molecular weight is 473 g/mol. The third kappa shape index (κ3) is 4.13. The summed E-state index contributed by atoms with van der Waals surface area (Å²) in [6, 6.07) is 14.6. The average Bonchev–Trinajstić information content (AvgIpc) is 3.40. The number of methoxy groups -OCH3 is 2. The Balaban J connectivity index is 1.78. The molecule has 148 valence electrons. The second kappa shape index (κ2) is 8.26. The summed E-state index contributed by atoms with van der Waals surface area (Å²) in [5, 5.41) is 0.585. The van der Waals surface area contributed by atoms with Crippen LogP contribution in [0.15, 0.2) is 63.7 Å². The largest absolute Gasteiger partial charge is 0.497 e. The van der Waals surface area contributed by atoms with Gasteiger partial charge >= 0.3 is 0 Å². The number of carbonyl (C=O) groups is 1. The Labute approximate surface area is 179 Å². The third-order valence-electron chi connectivity index (χ3n) is 4.31. The van der Waals surface area contributed by atoms with Gasteiger partial charge in [-0.2, -0.15) is 0 Å². The van der Waals surface area contributed by atoms with E-state index in [0.717, 1.165) is 14.7 Å². The lowest BCUT2D eigenvalue weighted by Gasteiger charge is -2.19. The summed E-state index contributed by atoms with van der Waals surface area (Å²) in [7, 11) is 3.10. The van der Waals surface area contributed by atoms with Gasteiger partial charge in [-0.3, -0.25) is 9.69 Å². The highest BCUT2D eigenvalue weighted by Crippen LogP contribution is 2.33. The predicted molar refractivity (Wildman–Crippen MR) is 116 cm³/mol.